The number of piperidine rings is 1. The summed E-state index contributed by atoms with van der Waals surface area (Å²) in [6.07, 6.45) is 2.89. The Hall–Kier alpha value is -3.35. The normalized spacial score (nSPS) is 25.1. The van der Waals surface area contributed by atoms with Crippen LogP contribution in [0, 0.1) is 23.7 Å². The fourth-order valence-corrected chi connectivity index (χ4v) is 6.22. The van der Waals surface area contributed by atoms with Gasteiger partial charge in [-0.3, -0.25) is 9.59 Å². The van der Waals surface area contributed by atoms with Crippen molar-refractivity contribution in [2.45, 2.75) is 37.6 Å². The monoisotopic (exact) mass is 474 g/mol. The molecular weight excluding hydrogens is 444 g/mol. The van der Waals surface area contributed by atoms with E-state index in [0.29, 0.717) is 31.8 Å². The Bertz CT molecular complexity index is 1130. The van der Waals surface area contributed by atoms with Gasteiger partial charge in [-0.05, 0) is 52.8 Å². The fourth-order valence-electron chi connectivity index (χ4n) is 6.22. The van der Waals surface area contributed by atoms with E-state index in [0.717, 1.165) is 24.0 Å². The standard InChI is InChI=1S/C28H30N2O5/c31-26(30-12-11-21-22(14-30)25(21)27(32)33)24(13-16-9-10-16)29-28(34)35-15-23-19-7-3-1-5-17(19)18-6-2-4-8-20(18)23/h1-8,16,21-25H,9-15H2,(H,29,34)(H,32,33)/t21-,22+,24+,25?/m1/s1. The number of alkyl carbamates (subject to hydrolysis) is 1. The van der Waals surface area contributed by atoms with Gasteiger partial charge < -0.3 is 20.1 Å². The van der Waals surface area contributed by atoms with Gasteiger partial charge in [0.1, 0.15) is 12.6 Å². The lowest BCUT2D eigenvalue weighted by molar-refractivity contribution is -0.139. The molecule has 2 N–H and O–H groups in total. The number of likely N-dealkylation sites (tertiary alicyclic amines) is 1. The molecule has 1 aliphatic heterocycles. The highest BCUT2D eigenvalue weighted by atomic mass is 16.5. The summed E-state index contributed by atoms with van der Waals surface area (Å²) in [5, 5.41) is 12.2. The Morgan fingerprint density at radius 2 is 1.63 bits per heavy atom. The van der Waals surface area contributed by atoms with Gasteiger partial charge in [0.2, 0.25) is 5.91 Å². The Labute approximate surface area is 204 Å². The van der Waals surface area contributed by atoms with E-state index < -0.39 is 18.1 Å². The van der Waals surface area contributed by atoms with Gasteiger partial charge in [0.05, 0.1) is 5.92 Å². The van der Waals surface area contributed by atoms with E-state index in [2.05, 4.69) is 29.6 Å². The van der Waals surface area contributed by atoms with Crippen molar-refractivity contribution in [1.29, 1.82) is 0 Å². The Kier molecular flexibility index (Phi) is 5.50. The van der Waals surface area contributed by atoms with Crippen LogP contribution in [0.1, 0.15) is 42.7 Å². The molecule has 1 unspecified atom stereocenters. The van der Waals surface area contributed by atoms with Gasteiger partial charge in [-0.15, -0.1) is 0 Å². The summed E-state index contributed by atoms with van der Waals surface area (Å²) in [4.78, 5) is 39.3. The maximum absolute atomic E-state index is 13.3. The number of nitrogens with one attached hydrogen (secondary N) is 1. The molecule has 3 aliphatic carbocycles. The minimum atomic E-state index is -0.763. The third kappa shape index (κ3) is 4.17. The number of benzene rings is 2. The van der Waals surface area contributed by atoms with Crippen LogP contribution in [-0.2, 0) is 14.3 Å². The first-order valence-electron chi connectivity index (χ1n) is 12.6. The molecule has 1 saturated heterocycles. The fraction of sp³-hybridized carbons (Fsp3) is 0.464. The molecule has 4 atom stereocenters. The average Bonchev–Trinajstić information content (AvgIpc) is 3.78. The summed E-state index contributed by atoms with van der Waals surface area (Å²) >= 11 is 0. The summed E-state index contributed by atoms with van der Waals surface area (Å²) in [5.41, 5.74) is 4.63. The number of hydrogen-bond acceptors (Lipinski definition) is 4. The lowest BCUT2D eigenvalue weighted by Crippen LogP contribution is -2.50. The van der Waals surface area contributed by atoms with Gasteiger partial charge in [-0.2, -0.15) is 0 Å². The summed E-state index contributed by atoms with van der Waals surface area (Å²) in [6.45, 7) is 1.23. The van der Waals surface area contributed by atoms with Gasteiger partial charge >= 0.3 is 12.1 Å². The van der Waals surface area contributed by atoms with Crippen molar-refractivity contribution in [2.75, 3.05) is 19.7 Å². The van der Waals surface area contributed by atoms with Crippen LogP contribution in [0.4, 0.5) is 4.79 Å². The Morgan fingerprint density at radius 3 is 2.26 bits per heavy atom. The highest BCUT2D eigenvalue weighted by molar-refractivity contribution is 5.86. The quantitative estimate of drug-likeness (QED) is 0.635. The van der Waals surface area contributed by atoms with Crippen LogP contribution in [0.15, 0.2) is 48.5 Å². The number of carbonyl (C=O) groups is 3. The summed E-state index contributed by atoms with van der Waals surface area (Å²) in [6, 6.07) is 15.7. The van der Waals surface area contributed by atoms with Crippen molar-refractivity contribution >= 4 is 18.0 Å². The zero-order valence-corrected chi connectivity index (χ0v) is 19.6. The summed E-state index contributed by atoms with van der Waals surface area (Å²) in [7, 11) is 0. The number of nitrogens with zero attached hydrogens (tertiary/aromatic N) is 1. The Balaban J connectivity index is 1.10. The van der Waals surface area contributed by atoms with E-state index in [9.17, 15) is 19.5 Å². The van der Waals surface area contributed by atoms with Crippen LogP contribution in [0.3, 0.4) is 0 Å². The molecule has 0 bridgehead atoms. The number of amides is 2. The molecule has 2 aromatic carbocycles. The molecule has 4 aliphatic rings. The van der Waals surface area contributed by atoms with Gasteiger partial charge in [-0.25, -0.2) is 4.79 Å². The van der Waals surface area contributed by atoms with Crippen molar-refractivity contribution in [3.05, 3.63) is 59.7 Å². The summed E-state index contributed by atoms with van der Waals surface area (Å²) in [5.74, 6) is -0.560. The van der Waals surface area contributed by atoms with Crippen molar-refractivity contribution in [3.8, 4) is 11.1 Å². The largest absolute Gasteiger partial charge is 0.481 e. The SMILES string of the molecule is O=C(N[C@@H](CC1CC1)C(=O)N1CC[C@H]2C(C(=O)O)[C@H]2C1)OCC1c2ccccc2-c2ccccc21. The van der Waals surface area contributed by atoms with E-state index in [4.69, 9.17) is 4.74 Å². The topological polar surface area (TPSA) is 95.9 Å². The molecule has 3 fully saturated rings. The van der Waals surface area contributed by atoms with Crippen molar-refractivity contribution in [1.82, 2.24) is 10.2 Å². The third-order valence-corrected chi connectivity index (χ3v) is 8.29. The maximum Gasteiger partial charge on any atom is 0.407 e. The van der Waals surface area contributed by atoms with Crippen LogP contribution < -0.4 is 5.32 Å². The van der Waals surface area contributed by atoms with Crippen molar-refractivity contribution in [3.63, 3.8) is 0 Å². The van der Waals surface area contributed by atoms with Crippen LogP contribution in [0.25, 0.3) is 11.1 Å². The number of carboxylic acid groups (broad SMARTS) is 1. The van der Waals surface area contributed by atoms with Crippen molar-refractivity contribution in [2.24, 2.45) is 23.7 Å². The van der Waals surface area contributed by atoms with Crippen LogP contribution in [0.2, 0.25) is 0 Å². The van der Waals surface area contributed by atoms with E-state index in [1.165, 1.54) is 11.1 Å². The predicted octanol–water partition coefficient (Wildman–Crippen LogP) is 3.87. The first kappa shape index (κ1) is 22.1. The van der Waals surface area contributed by atoms with Crippen LogP contribution >= 0.6 is 0 Å². The number of fused-ring (bicyclic) bond motifs is 4. The zero-order valence-electron chi connectivity index (χ0n) is 19.6. The van der Waals surface area contributed by atoms with Crippen LogP contribution in [-0.4, -0.2) is 53.7 Å². The van der Waals surface area contributed by atoms with E-state index in [1.807, 2.05) is 24.3 Å². The lowest BCUT2D eigenvalue weighted by Gasteiger charge is -2.30. The van der Waals surface area contributed by atoms with E-state index in [-0.39, 0.29) is 36.2 Å². The molecule has 2 aromatic rings. The van der Waals surface area contributed by atoms with Gasteiger partial charge in [0.25, 0.3) is 0 Å². The number of carbonyl (C=O) groups excluding carboxylic acids is 2. The second-order valence-corrected chi connectivity index (χ2v) is 10.5. The molecule has 6 rings (SSSR count). The summed E-state index contributed by atoms with van der Waals surface area (Å²) < 4.78 is 5.69. The minimum absolute atomic E-state index is 0.0346. The second-order valence-electron chi connectivity index (χ2n) is 10.5. The number of carboxylic acids is 1. The predicted molar refractivity (Wildman–Crippen MR) is 129 cm³/mol. The molecule has 2 saturated carbocycles. The molecule has 0 spiro atoms. The van der Waals surface area contributed by atoms with E-state index >= 15 is 0 Å². The van der Waals surface area contributed by atoms with Gasteiger partial charge in [0.15, 0.2) is 0 Å². The zero-order chi connectivity index (χ0) is 24.1. The molecular formula is C28H30N2O5. The minimum Gasteiger partial charge on any atom is -0.481 e. The third-order valence-electron chi connectivity index (χ3n) is 8.29. The van der Waals surface area contributed by atoms with Gasteiger partial charge in [0, 0.05) is 19.0 Å². The second kappa shape index (κ2) is 8.70. The first-order valence-corrected chi connectivity index (χ1v) is 12.6. The highest BCUT2D eigenvalue weighted by Crippen LogP contribution is 2.52. The number of ether oxygens (including phenoxy) is 1. The molecule has 0 radical (unpaired) electrons. The molecule has 7 nitrogen and oxygen atoms in total. The van der Waals surface area contributed by atoms with E-state index in [1.54, 1.807) is 4.90 Å². The van der Waals surface area contributed by atoms with Crippen molar-refractivity contribution < 1.29 is 24.2 Å². The lowest BCUT2D eigenvalue weighted by atomic mass is 9.98. The molecule has 7 heteroatoms. The highest BCUT2D eigenvalue weighted by Gasteiger charge is 2.57. The molecule has 0 aromatic heterocycles. The number of hydrogen-bond donors (Lipinski definition) is 2. The Morgan fingerprint density at radius 1 is 0.971 bits per heavy atom. The molecule has 1 heterocycles. The number of rotatable bonds is 7. The number of aliphatic carboxylic acids is 1. The molecule has 182 valence electrons. The molecule has 35 heavy (non-hydrogen) atoms. The van der Waals surface area contributed by atoms with Crippen LogP contribution in [0.5, 0.6) is 0 Å². The smallest absolute Gasteiger partial charge is 0.407 e. The average molecular weight is 475 g/mol. The first-order chi connectivity index (χ1) is 17.0. The van der Waals surface area contributed by atoms with Gasteiger partial charge in [-0.1, -0.05) is 61.4 Å². The maximum atomic E-state index is 13.3. The molecule has 2 amide bonds.